The predicted octanol–water partition coefficient (Wildman–Crippen LogP) is 2.24. The fourth-order valence-electron chi connectivity index (χ4n) is 3.41. The normalized spacial score (nSPS) is 14.8. The second-order valence-corrected chi connectivity index (χ2v) is 6.80. The van der Waals surface area contributed by atoms with Crippen molar-refractivity contribution >= 4 is 11.7 Å². The zero-order chi connectivity index (χ0) is 19.2. The summed E-state index contributed by atoms with van der Waals surface area (Å²) >= 11 is 0. The van der Waals surface area contributed by atoms with Crippen molar-refractivity contribution in [2.45, 2.75) is 26.2 Å². The number of likely N-dealkylation sites (tertiary alicyclic amines) is 1. The number of hydrogen-bond acceptors (Lipinski definition) is 6. The van der Waals surface area contributed by atoms with Gasteiger partial charge in [-0.25, -0.2) is 9.97 Å². The van der Waals surface area contributed by atoms with Crippen LogP contribution in [0.15, 0.2) is 30.3 Å². The number of amides is 1. The lowest BCUT2D eigenvalue weighted by molar-refractivity contribution is -0.134. The Balaban J connectivity index is 1.47. The molecule has 1 aromatic heterocycles. The number of aromatic nitrogens is 2. The molecular formula is C20H26N4O3. The second-order valence-electron chi connectivity index (χ2n) is 6.80. The zero-order valence-corrected chi connectivity index (χ0v) is 15.9. The maximum absolute atomic E-state index is 12.4. The van der Waals surface area contributed by atoms with Crippen LogP contribution in [0, 0.1) is 12.8 Å². The molecule has 0 bridgehead atoms. The summed E-state index contributed by atoms with van der Waals surface area (Å²) in [6.45, 7) is 3.34. The van der Waals surface area contributed by atoms with Gasteiger partial charge < -0.3 is 20.1 Å². The number of rotatable bonds is 6. The van der Waals surface area contributed by atoms with Gasteiger partial charge in [0.25, 0.3) is 5.91 Å². The van der Waals surface area contributed by atoms with Crippen molar-refractivity contribution in [1.82, 2.24) is 14.9 Å². The summed E-state index contributed by atoms with van der Waals surface area (Å²) < 4.78 is 10.9. The summed E-state index contributed by atoms with van der Waals surface area (Å²) in [6.07, 6.45) is 2.76. The number of carbonyl (C=O) groups excluding carboxylic acids is 1. The molecule has 1 amide bonds. The van der Waals surface area contributed by atoms with E-state index in [1.807, 2.05) is 36.1 Å². The first kappa shape index (κ1) is 18.9. The Bertz CT molecular complexity index is 768. The number of nitrogens with two attached hydrogens (primary N) is 1. The van der Waals surface area contributed by atoms with Gasteiger partial charge in [-0.05, 0) is 44.2 Å². The number of nitrogens with zero attached hydrogens (tertiary/aromatic N) is 3. The van der Waals surface area contributed by atoms with E-state index in [9.17, 15) is 4.79 Å². The van der Waals surface area contributed by atoms with Gasteiger partial charge in [-0.2, -0.15) is 0 Å². The SMILES string of the molecule is COc1ccccc1OCC(=O)N1CCC(Cc2cc(N)nc(C)n2)CC1. The molecule has 27 heavy (non-hydrogen) atoms. The minimum atomic E-state index is 0.00137. The molecule has 0 saturated carbocycles. The Morgan fingerprint density at radius 2 is 1.93 bits per heavy atom. The highest BCUT2D eigenvalue weighted by Crippen LogP contribution is 2.26. The zero-order valence-electron chi connectivity index (χ0n) is 15.9. The van der Waals surface area contributed by atoms with Crippen LogP contribution in [-0.4, -0.2) is 47.6 Å². The molecule has 0 aliphatic carbocycles. The van der Waals surface area contributed by atoms with E-state index < -0.39 is 0 Å². The van der Waals surface area contributed by atoms with Gasteiger partial charge in [0, 0.05) is 24.8 Å². The summed E-state index contributed by atoms with van der Waals surface area (Å²) in [6, 6.07) is 9.17. The molecule has 1 fully saturated rings. The number of anilines is 1. The van der Waals surface area contributed by atoms with Crippen LogP contribution < -0.4 is 15.2 Å². The number of piperidine rings is 1. The molecule has 2 N–H and O–H groups in total. The van der Waals surface area contributed by atoms with Crippen LogP contribution in [0.5, 0.6) is 11.5 Å². The standard InChI is InChI=1S/C20H26N4O3/c1-14-22-16(12-19(21)23-14)11-15-7-9-24(10-8-15)20(25)13-27-18-6-4-3-5-17(18)26-2/h3-6,12,15H,7-11,13H2,1-2H3,(H2,21,22,23). The molecule has 0 radical (unpaired) electrons. The summed E-state index contributed by atoms with van der Waals surface area (Å²) in [5.74, 6) is 2.92. The summed E-state index contributed by atoms with van der Waals surface area (Å²) in [5, 5.41) is 0. The number of nitrogen functional groups attached to an aromatic ring is 1. The third kappa shape index (κ3) is 5.09. The summed E-state index contributed by atoms with van der Waals surface area (Å²) in [7, 11) is 1.58. The average Bonchev–Trinajstić information content (AvgIpc) is 2.66. The Morgan fingerprint density at radius 1 is 1.22 bits per heavy atom. The highest BCUT2D eigenvalue weighted by Gasteiger charge is 2.24. The molecule has 144 valence electrons. The molecule has 1 aliphatic heterocycles. The maximum atomic E-state index is 12.4. The average molecular weight is 370 g/mol. The minimum absolute atomic E-state index is 0.00137. The van der Waals surface area contributed by atoms with Crippen LogP contribution in [0.2, 0.25) is 0 Å². The molecule has 3 rings (SSSR count). The van der Waals surface area contributed by atoms with Crippen molar-refractivity contribution in [3.8, 4) is 11.5 Å². The van der Waals surface area contributed by atoms with Crippen molar-refractivity contribution in [3.63, 3.8) is 0 Å². The van der Waals surface area contributed by atoms with Crippen molar-refractivity contribution < 1.29 is 14.3 Å². The fourth-order valence-corrected chi connectivity index (χ4v) is 3.41. The van der Waals surface area contributed by atoms with E-state index in [4.69, 9.17) is 15.2 Å². The lowest BCUT2D eigenvalue weighted by atomic mass is 9.92. The predicted molar refractivity (Wildman–Crippen MR) is 103 cm³/mol. The Morgan fingerprint density at radius 3 is 2.59 bits per heavy atom. The Labute approximate surface area is 159 Å². The van der Waals surface area contributed by atoms with Gasteiger partial charge in [-0.15, -0.1) is 0 Å². The van der Waals surface area contributed by atoms with Crippen LogP contribution in [0.1, 0.15) is 24.4 Å². The van der Waals surface area contributed by atoms with Gasteiger partial charge in [-0.3, -0.25) is 4.79 Å². The third-order valence-corrected chi connectivity index (χ3v) is 4.80. The van der Waals surface area contributed by atoms with Crippen LogP contribution in [0.25, 0.3) is 0 Å². The molecule has 1 saturated heterocycles. The van der Waals surface area contributed by atoms with Crippen LogP contribution in [0.4, 0.5) is 5.82 Å². The molecule has 7 heteroatoms. The van der Waals surface area contributed by atoms with E-state index >= 15 is 0 Å². The highest BCUT2D eigenvalue weighted by atomic mass is 16.5. The quantitative estimate of drug-likeness (QED) is 0.839. The summed E-state index contributed by atoms with van der Waals surface area (Å²) in [5.41, 5.74) is 6.78. The number of carbonyl (C=O) groups is 1. The lowest BCUT2D eigenvalue weighted by Crippen LogP contribution is -2.41. The molecule has 0 unspecified atom stereocenters. The third-order valence-electron chi connectivity index (χ3n) is 4.80. The number of methoxy groups -OCH3 is 1. The number of aryl methyl sites for hydroxylation is 1. The van der Waals surface area contributed by atoms with Crippen molar-refractivity contribution in [1.29, 1.82) is 0 Å². The number of ether oxygens (including phenoxy) is 2. The van der Waals surface area contributed by atoms with E-state index in [2.05, 4.69) is 9.97 Å². The van der Waals surface area contributed by atoms with E-state index in [-0.39, 0.29) is 12.5 Å². The smallest absolute Gasteiger partial charge is 0.260 e. The van der Waals surface area contributed by atoms with Crippen LogP contribution in [-0.2, 0) is 11.2 Å². The number of hydrogen-bond donors (Lipinski definition) is 1. The first-order valence-electron chi connectivity index (χ1n) is 9.19. The van der Waals surface area contributed by atoms with Crippen molar-refractivity contribution in [2.24, 2.45) is 5.92 Å². The van der Waals surface area contributed by atoms with Gasteiger partial charge in [0.15, 0.2) is 18.1 Å². The second kappa shape index (κ2) is 8.70. The van der Waals surface area contributed by atoms with Crippen molar-refractivity contribution in [2.75, 3.05) is 32.5 Å². The molecule has 2 aromatic rings. The number of para-hydroxylation sites is 2. The largest absolute Gasteiger partial charge is 0.493 e. The van der Waals surface area contributed by atoms with E-state index in [0.29, 0.717) is 29.1 Å². The van der Waals surface area contributed by atoms with Crippen LogP contribution >= 0.6 is 0 Å². The topological polar surface area (TPSA) is 90.6 Å². The molecule has 0 atom stereocenters. The van der Waals surface area contributed by atoms with Gasteiger partial charge >= 0.3 is 0 Å². The van der Waals surface area contributed by atoms with Gasteiger partial charge in [0.1, 0.15) is 11.6 Å². The maximum Gasteiger partial charge on any atom is 0.260 e. The molecule has 0 spiro atoms. The molecular weight excluding hydrogens is 344 g/mol. The molecule has 1 aromatic carbocycles. The number of benzene rings is 1. The van der Waals surface area contributed by atoms with E-state index in [1.54, 1.807) is 13.2 Å². The van der Waals surface area contributed by atoms with E-state index in [1.165, 1.54) is 0 Å². The lowest BCUT2D eigenvalue weighted by Gasteiger charge is -2.32. The minimum Gasteiger partial charge on any atom is -0.493 e. The van der Waals surface area contributed by atoms with Gasteiger partial charge in [0.05, 0.1) is 7.11 Å². The van der Waals surface area contributed by atoms with Crippen LogP contribution in [0.3, 0.4) is 0 Å². The molecule has 2 heterocycles. The van der Waals surface area contributed by atoms with Crippen molar-refractivity contribution in [3.05, 3.63) is 41.9 Å². The van der Waals surface area contributed by atoms with Gasteiger partial charge in [-0.1, -0.05) is 12.1 Å². The first-order chi connectivity index (χ1) is 13.0. The molecule has 7 nitrogen and oxygen atoms in total. The van der Waals surface area contributed by atoms with Gasteiger partial charge in [0.2, 0.25) is 0 Å². The first-order valence-corrected chi connectivity index (χ1v) is 9.19. The highest BCUT2D eigenvalue weighted by molar-refractivity contribution is 5.78. The summed E-state index contributed by atoms with van der Waals surface area (Å²) in [4.78, 5) is 22.9. The Hall–Kier alpha value is -2.83. The monoisotopic (exact) mass is 370 g/mol. The van der Waals surface area contributed by atoms with E-state index in [0.717, 1.165) is 38.0 Å². The Kier molecular flexibility index (Phi) is 6.11. The fraction of sp³-hybridized carbons (Fsp3) is 0.450. The molecule has 1 aliphatic rings.